The van der Waals surface area contributed by atoms with Crippen molar-refractivity contribution in [3.05, 3.63) is 48.7 Å². The van der Waals surface area contributed by atoms with Crippen LogP contribution in [0.2, 0.25) is 0 Å². The minimum absolute atomic E-state index is 0.0644. The normalized spacial score (nSPS) is 13.1. The van der Waals surface area contributed by atoms with Gasteiger partial charge in [-0.05, 0) is 30.7 Å². The highest BCUT2D eigenvalue weighted by molar-refractivity contribution is 8.00. The molecule has 0 spiro atoms. The molecule has 1 aromatic carbocycles. The molecule has 3 rings (SSSR count). The molecule has 0 fully saturated rings. The number of nitrogens with zero attached hydrogens (tertiary/aromatic N) is 1. The molecule has 0 bridgehead atoms. The van der Waals surface area contributed by atoms with Gasteiger partial charge in [0.25, 0.3) is 5.89 Å². The van der Waals surface area contributed by atoms with Crippen LogP contribution < -0.4 is 0 Å². The SMILES string of the molecule is CC[C@@H](C)Sc1oc(-c2ccco2)nc1S(=O)(=O)c1ccccc1. The Balaban J connectivity index is 2.11. The van der Waals surface area contributed by atoms with Gasteiger partial charge >= 0.3 is 0 Å². The zero-order valence-electron chi connectivity index (χ0n) is 13.3. The van der Waals surface area contributed by atoms with Crippen molar-refractivity contribution in [3.8, 4) is 11.7 Å². The van der Waals surface area contributed by atoms with E-state index in [4.69, 9.17) is 8.83 Å². The first-order valence-corrected chi connectivity index (χ1v) is 9.90. The van der Waals surface area contributed by atoms with E-state index in [0.29, 0.717) is 10.9 Å². The lowest BCUT2D eigenvalue weighted by Gasteiger charge is -2.07. The zero-order chi connectivity index (χ0) is 17.2. The molecular formula is C17H17NO4S2. The monoisotopic (exact) mass is 363 g/mol. The van der Waals surface area contributed by atoms with Crippen LogP contribution in [0.25, 0.3) is 11.7 Å². The van der Waals surface area contributed by atoms with Crippen molar-refractivity contribution in [3.63, 3.8) is 0 Å². The summed E-state index contributed by atoms with van der Waals surface area (Å²) in [6, 6.07) is 11.6. The van der Waals surface area contributed by atoms with Crippen LogP contribution >= 0.6 is 11.8 Å². The minimum atomic E-state index is -3.76. The Labute approximate surface area is 145 Å². The number of benzene rings is 1. The molecule has 7 heteroatoms. The van der Waals surface area contributed by atoms with E-state index in [9.17, 15) is 8.42 Å². The molecule has 24 heavy (non-hydrogen) atoms. The van der Waals surface area contributed by atoms with Gasteiger partial charge in [-0.25, -0.2) is 8.42 Å². The number of oxazole rings is 1. The van der Waals surface area contributed by atoms with Crippen LogP contribution in [0.3, 0.4) is 0 Å². The molecule has 2 heterocycles. The molecule has 3 aromatic rings. The maximum Gasteiger partial charge on any atom is 0.265 e. The summed E-state index contributed by atoms with van der Waals surface area (Å²) in [4.78, 5) is 4.41. The molecule has 0 aliphatic rings. The summed E-state index contributed by atoms with van der Waals surface area (Å²) >= 11 is 1.36. The number of aromatic nitrogens is 1. The summed E-state index contributed by atoms with van der Waals surface area (Å²) in [7, 11) is -3.76. The van der Waals surface area contributed by atoms with Gasteiger partial charge in [-0.2, -0.15) is 4.98 Å². The standard InChI is InChI=1S/C17H17NO4S2/c1-3-12(2)23-17-16(18-15(22-17)14-10-7-11-21-14)24(19,20)13-8-5-4-6-9-13/h4-12H,3H2,1-2H3/t12-/m1/s1. The Bertz CT molecular complexity index is 899. The third kappa shape index (κ3) is 3.27. The zero-order valence-corrected chi connectivity index (χ0v) is 14.9. The third-order valence-corrected chi connectivity index (χ3v) is 6.52. The van der Waals surface area contributed by atoms with Crippen molar-refractivity contribution in [1.82, 2.24) is 4.98 Å². The molecule has 0 unspecified atom stereocenters. The fourth-order valence-electron chi connectivity index (χ4n) is 2.02. The molecule has 1 atom stereocenters. The van der Waals surface area contributed by atoms with Gasteiger partial charge in [0.2, 0.25) is 20.0 Å². The molecule has 0 saturated heterocycles. The van der Waals surface area contributed by atoms with Crippen LogP contribution in [0, 0.1) is 0 Å². The lowest BCUT2D eigenvalue weighted by molar-refractivity contribution is 0.450. The van der Waals surface area contributed by atoms with Gasteiger partial charge in [-0.1, -0.05) is 43.8 Å². The average Bonchev–Trinajstić information content (AvgIpc) is 3.25. The van der Waals surface area contributed by atoms with Crippen molar-refractivity contribution < 1.29 is 17.3 Å². The Morgan fingerprint density at radius 1 is 1.17 bits per heavy atom. The largest absolute Gasteiger partial charge is 0.459 e. The van der Waals surface area contributed by atoms with Gasteiger partial charge < -0.3 is 8.83 Å². The van der Waals surface area contributed by atoms with Gasteiger partial charge in [0, 0.05) is 5.25 Å². The van der Waals surface area contributed by atoms with Gasteiger partial charge in [0.15, 0.2) is 5.76 Å². The van der Waals surface area contributed by atoms with Crippen LogP contribution in [0.1, 0.15) is 20.3 Å². The second kappa shape index (κ2) is 6.86. The van der Waals surface area contributed by atoms with E-state index in [1.807, 2.05) is 13.8 Å². The highest BCUT2D eigenvalue weighted by atomic mass is 32.2. The fourth-order valence-corrected chi connectivity index (χ4v) is 4.50. The average molecular weight is 363 g/mol. The Kier molecular flexibility index (Phi) is 4.82. The summed E-state index contributed by atoms with van der Waals surface area (Å²) in [5.74, 6) is 0.566. The quantitative estimate of drug-likeness (QED) is 0.593. The number of hydrogen-bond donors (Lipinski definition) is 0. The summed E-state index contributed by atoms with van der Waals surface area (Å²) in [6.45, 7) is 4.05. The smallest absolute Gasteiger partial charge is 0.265 e. The van der Waals surface area contributed by atoms with Crippen molar-refractivity contribution in [2.75, 3.05) is 0 Å². The molecule has 5 nitrogen and oxygen atoms in total. The summed E-state index contributed by atoms with van der Waals surface area (Å²) in [5, 5.41) is 0.428. The molecule has 126 valence electrons. The van der Waals surface area contributed by atoms with E-state index in [2.05, 4.69) is 4.98 Å². The number of thioether (sulfide) groups is 1. The lowest BCUT2D eigenvalue weighted by atomic mass is 10.4. The van der Waals surface area contributed by atoms with Gasteiger partial charge in [0.05, 0.1) is 11.2 Å². The first kappa shape index (κ1) is 16.9. The second-order valence-corrected chi connectivity index (χ2v) is 8.52. The molecular weight excluding hydrogens is 346 g/mol. The van der Waals surface area contributed by atoms with E-state index in [1.54, 1.807) is 42.5 Å². The van der Waals surface area contributed by atoms with Gasteiger partial charge in [-0.15, -0.1) is 0 Å². The summed E-state index contributed by atoms with van der Waals surface area (Å²) in [6.07, 6.45) is 2.37. The predicted molar refractivity (Wildman–Crippen MR) is 91.7 cm³/mol. The first-order valence-electron chi connectivity index (χ1n) is 7.54. The van der Waals surface area contributed by atoms with E-state index in [0.717, 1.165) is 6.42 Å². The summed E-state index contributed by atoms with van der Waals surface area (Å²) < 4.78 is 36.9. The fraction of sp³-hybridized carbons (Fsp3) is 0.235. The van der Waals surface area contributed by atoms with Gasteiger partial charge in [-0.3, -0.25) is 0 Å². The number of rotatable bonds is 6. The van der Waals surface area contributed by atoms with Crippen LogP contribution in [-0.2, 0) is 9.84 Å². The number of hydrogen-bond acceptors (Lipinski definition) is 6. The third-order valence-electron chi connectivity index (χ3n) is 3.49. The molecule has 0 amide bonds. The molecule has 2 aromatic heterocycles. The van der Waals surface area contributed by atoms with E-state index in [1.165, 1.54) is 18.0 Å². The second-order valence-electron chi connectivity index (χ2n) is 5.24. The molecule has 0 N–H and O–H groups in total. The summed E-state index contributed by atoms with van der Waals surface area (Å²) in [5.41, 5.74) is 0. The van der Waals surface area contributed by atoms with Crippen molar-refractivity contribution >= 4 is 21.6 Å². The maximum atomic E-state index is 12.9. The van der Waals surface area contributed by atoms with Crippen molar-refractivity contribution in [2.24, 2.45) is 0 Å². The first-order chi connectivity index (χ1) is 11.5. The number of furan rings is 1. The lowest BCUT2D eigenvalue weighted by Crippen LogP contribution is -2.04. The van der Waals surface area contributed by atoms with Gasteiger partial charge in [0.1, 0.15) is 0 Å². The highest BCUT2D eigenvalue weighted by Gasteiger charge is 2.29. The van der Waals surface area contributed by atoms with Crippen LogP contribution in [0.4, 0.5) is 0 Å². The highest BCUT2D eigenvalue weighted by Crippen LogP contribution is 2.37. The molecule has 0 saturated carbocycles. The topological polar surface area (TPSA) is 73.3 Å². The van der Waals surface area contributed by atoms with Crippen molar-refractivity contribution in [1.29, 1.82) is 0 Å². The molecule has 0 aliphatic heterocycles. The Morgan fingerprint density at radius 3 is 2.54 bits per heavy atom. The Hall–Kier alpha value is -1.99. The van der Waals surface area contributed by atoms with E-state index >= 15 is 0 Å². The van der Waals surface area contributed by atoms with Crippen LogP contribution in [-0.4, -0.2) is 18.7 Å². The van der Waals surface area contributed by atoms with E-state index < -0.39 is 9.84 Å². The van der Waals surface area contributed by atoms with E-state index in [-0.39, 0.29) is 21.1 Å². The number of sulfone groups is 1. The molecule has 0 aliphatic carbocycles. The van der Waals surface area contributed by atoms with Crippen LogP contribution in [0.15, 0.2) is 72.6 Å². The van der Waals surface area contributed by atoms with Crippen molar-refractivity contribution in [2.45, 2.75) is 40.5 Å². The maximum absolute atomic E-state index is 12.9. The molecule has 0 radical (unpaired) electrons. The minimum Gasteiger partial charge on any atom is -0.459 e. The Morgan fingerprint density at radius 2 is 1.92 bits per heavy atom. The predicted octanol–water partition coefficient (Wildman–Crippen LogP) is 4.66. The van der Waals surface area contributed by atoms with Crippen LogP contribution in [0.5, 0.6) is 0 Å².